The summed E-state index contributed by atoms with van der Waals surface area (Å²) < 4.78 is 1.58. The smallest absolute Gasteiger partial charge is 0.254 e. The largest absolute Gasteiger partial charge is 0.386 e. The molecule has 1 unspecified atom stereocenters. The fraction of sp³-hybridized carbons (Fsp3) is 0.438. The topological polar surface area (TPSA) is 83.3 Å². The van der Waals surface area contributed by atoms with Gasteiger partial charge in [-0.15, -0.1) is 0 Å². The van der Waals surface area contributed by atoms with Crippen LogP contribution in [0.4, 0.5) is 5.82 Å². The number of aromatic nitrogens is 3. The number of β-amino-alcohol motifs (C(OH)–C–C–N with tert-alkyl or cyclic N) is 1. The molecule has 0 saturated carbocycles. The third-order valence-electron chi connectivity index (χ3n) is 4.07. The van der Waals surface area contributed by atoms with Gasteiger partial charge in [0.1, 0.15) is 5.82 Å². The summed E-state index contributed by atoms with van der Waals surface area (Å²) in [5.74, 6) is 0.630. The second-order valence-electron chi connectivity index (χ2n) is 6.02. The number of aliphatic hydroxyl groups is 1. The number of hydrogen-bond donors (Lipinski definition) is 2. The van der Waals surface area contributed by atoms with Gasteiger partial charge in [0.05, 0.1) is 17.4 Å². The zero-order valence-electron chi connectivity index (χ0n) is 13.1. The zero-order chi connectivity index (χ0) is 16.3. The minimum atomic E-state index is -0.951. The Hall–Kier alpha value is -2.41. The van der Waals surface area contributed by atoms with Crippen LogP contribution in [0.25, 0.3) is 0 Å². The third kappa shape index (κ3) is 3.68. The van der Waals surface area contributed by atoms with E-state index in [0.717, 1.165) is 18.8 Å². The number of aryl methyl sites for hydroxylation is 1. The van der Waals surface area contributed by atoms with Crippen LogP contribution in [-0.2, 0) is 7.05 Å². The Morgan fingerprint density at radius 1 is 1.48 bits per heavy atom. The maximum Gasteiger partial charge on any atom is 0.254 e. The lowest BCUT2D eigenvalue weighted by molar-refractivity contribution is 0.0254. The molecule has 7 heteroatoms. The van der Waals surface area contributed by atoms with E-state index in [9.17, 15) is 9.90 Å². The number of rotatable bonds is 4. The Morgan fingerprint density at radius 2 is 2.35 bits per heavy atom. The van der Waals surface area contributed by atoms with Gasteiger partial charge >= 0.3 is 0 Å². The number of carbonyl (C=O) groups is 1. The molecule has 1 atom stereocenters. The van der Waals surface area contributed by atoms with E-state index >= 15 is 0 Å². The van der Waals surface area contributed by atoms with E-state index < -0.39 is 5.60 Å². The second kappa shape index (κ2) is 6.37. The Kier molecular flexibility index (Phi) is 4.29. The minimum absolute atomic E-state index is 0.212. The molecule has 1 amide bonds. The standard InChI is InChI=1S/C16H21N5O2/c1-20-10-13(9-19-20)15(22)18-11-16(23)6-4-8-21(12-16)14-5-2-3-7-17-14/h2-3,5,7,9-10,23H,4,6,8,11-12H2,1H3,(H,18,22). The molecule has 0 bridgehead atoms. The lowest BCUT2D eigenvalue weighted by Crippen LogP contribution is -2.54. The highest BCUT2D eigenvalue weighted by Crippen LogP contribution is 2.24. The molecular weight excluding hydrogens is 294 g/mol. The van der Waals surface area contributed by atoms with E-state index in [1.54, 1.807) is 24.1 Å². The van der Waals surface area contributed by atoms with Crippen molar-refractivity contribution in [3.05, 3.63) is 42.4 Å². The quantitative estimate of drug-likeness (QED) is 0.862. The predicted molar refractivity (Wildman–Crippen MR) is 86.2 cm³/mol. The number of piperidine rings is 1. The monoisotopic (exact) mass is 315 g/mol. The van der Waals surface area contributed by atoms with Crippen molar-refractivity contribution in [3.63, 3.8) is 0 Å². The molecule has 1 aliphatic heterocycles. The van der Waals surface area contributed by atoms with E-state index in [4.69, 9.17) is 0 Å². The summed E-state index contributed by atoms with van der Waals surface area (Å²) in [4.78, 5) is 18.5. The van der Waals surface area contributed by atoms with Gasteiger partial charge < -0.3 is 15.3 Å². The number of anilines is 1. The van der Waals surface area contributed by atoms with Gasteiger partial charge in [0.15, 0.2) is 0 Å². The Morgan fingerprint density at radius 3 is 3.04 bits per heavy atom. The number of amides is 1. The van der Waals surface area contributed by atoms with E-state index in [0.29, 0.717) is 18.5 Å². The predicted octanol–water partition coefficient (Wildman–Crippen LogP) is 0.576. The Balaban J connectivity index is 1.61. The van der Waals surface area contributed by atoms with Crippen LogP contribution in [-0.4, -0.2) is 51.0 Å². The van der Waals surface area contributed by atoms with Crippen molar-refractivity contribution < 1.29 is 9.90 Å². The van der Waals surface area contributed by atoms with Crippen LogP contribution in [0.1, 0.15) is 23.2 Å². The first kappa shape index (κ1) is 15.5. The van der Waals surface area contributed by atoms with Crippen molar-refractivity contribution in [3.8, 4) is 0 Å². The van der Waals surface area contributed by atoms with Gasteiger partial charge in [0.2, 0.25) is 0 Å². The summed E-state index contributed by atoms with van der Waals surface area (Å²) in [5, 5.41) is 17.6. The van der Waals surface area contributed by atoms with Crippen molar-refractivity contribution in [1.82, 2.24) is 20.1 Å². The van der Waals surface area contributed by atoms with Gasteiger partial charge in [-0.1, -0.05) is 6.07 Å². The van der Waals surface area contributed by atoms with E-state index in [1.165, 1.54) is 6.20 Å². The summed E-state index contributed by atoms with van der Waals surface area (Å²) in [6, 6.07) is 5.73. The van der Waals surface area contributed by atoms with Crippen molar-refractivity contribution in [1.29, 1.82) is 0 Å². The molecule has 1 fully saturated rings. The second-order valence-corrected chi connectivity index (χ2v) is 6.02. The molecule has 1 saturated heterocycles. The molecule has 2 aromatic heterocycles. The molecule has 3 heterocycles. The highest BCUT2D eigenvalue weighted by Gasteiger charge is 2.34. The SMILES string of the molecule is Cn1cc(C(=O)NCC2(O)CCCN(c3ccccn3)C2)cn1. The van der Waals surface area contributed by atoms with Gasteiger partial charge in [-0.3, -0.25) is 9.48 Å². The number of nitrogens with one attached hydrogen (secondary N) is 1. The van der Waals surface area contributed by atoms with Crippen molar-refractivity contribution >= 4 is 11.7 Å². The molecule has 1 aliphatic rings. The maximum atomic E-state index is 12.1. The van der Waals surface area contributed by atoms with Gasteiger partial charge in [0, 0.05) is 39.1 Å². The van der Waals surface area contributed by atoms with E-state index in [1.807, 2.05) is 18.2 Å². The molecule has 0 aromatic carbocycles. The minimum Gasteiger partial charge on any atom is -0.386 e. The first-order chi connectivity index (χ1) is 11.1. The molecule has 7 nitrogen and oxygen atoms in total. The summed E-state index contributed by atoms with van der Waals surface area (Å²) in [6.07, 6.45) is 6.42. The number of hydrogen-bond acceptors (Lipinski definition) is 5. The zero-order valence-corrected chi connectivity index (χ0v) is 13.1. The fourth-order valence-corrected chi connectivity index (χ4v) is 2.88. The molecule has 0 aliphatic carbocycles. The van der Waals surface area contributed by atoms with Crippen LogP contribution in [0.5, 0.6) is 0 Å². The molecule has 23 heavy (non-hydrogen) atoms. The normalized spacial score (nSPS) is 21.2. The fourth-order valence-electron chi connectivity index (χ4n) is 2.88. The molecule has 0 radical (unpaired) electrons. The van der Waals surface area contributed by atoms with Gasteiger partial charge in [-0.2, -0.15) is 5.10 Å². The average molecular weight is 315 g/mol. The van der Waals surface area contributed by atoms with Crippen LogP contribution < -0.4 is 10.2 Å². The summed E-state index contributed by atoms with van der Waals surface area (Å²) in [7, 11) is 1.76. The van der Waals surface area contributed by atoms with Crippen LogP contribution in [0, 0.1) is 0 Å². The van der Waals surface area contributed by atoms with Crippen LogP contribution in [0.3, 0.4) is 0 Å². The highest BCUT2D eigenvalue weighted by molar-refractivity contribution is 5.93. The molecule has 2 N–H and O–H groups in total. The van der Waals surface area contributed by atoms with E-state index in [2.05, 4.69) is 20.3 Å². The summed E-state index contributed by atoms with van der Waals surface area (Å²) >= 11 is 0. The summed E-state index contributed by atoms with van der Waals surface area (Å²) in [6.45, 7) is 1.53. The van der Waals surface area contributed by atoms with Crippen LogP contribution >= 0.6 is 0 Å². The molecular formula is C16H21N5O2. The highest BCUT2D eigenvalue weighted by atomic mass is 16.3. The van der Waals surface area contributed by atoms with Crippen LogP contribution in [0.2, 0.25) is 0 Å². The summed E-state index contributed by atoms with van der Waals surface area (Å²) in [5.41, 5.74) is -0.457. The number of pyridine rings is 1. The molecule has 122 valence electrons. The third-order valence-corrected chi connectivity index (χ3v) is 4.07. The van der Waals surface area contributed by atoms with Gasteiger partial charge in [0.25, 0.3) is 5.91 Å². The first-order valence-corrected chi connectivity index (χ1v) is 7.71. The number of nitrogens with zero attached hydrogens (tertiary/aromatic N) is 4. The van der Waals surface area contributed by atoms with Crippen molar-refractivity contribution in [2.75, 3.05) is 24.5 Å². The van der Waals surface area contributed by atoms with Crippen molar-refractivity contribution in [2.24, 2.45) is 7.05 Å². The Labute approximate surface area is 134 Å². The van der Waals surface area contributed by atoms with E-state index in [-0.39, 0.29) is 12.5 Å². The number of carbonyl (C=O) groups excluding carboxylic acids is 1. The lowest BCUT2D eigenvalue weighted by Gasteiger charge is -2.39. The van der Waals surface area contributed by atoms with Crippen LogP contribution in [0.15, 0.2) is 36.8 Å². The first-order valence-electron chi connectivity index (χ1n) is 7.71. The van der Waals surface area contributed by atoms with Gasteiger partial charge in [-0.25, -0.2) is 4.98 Å². The Bertz CT molecular complexity index is 672. The molecule has 0 spiro atoms. The lowest BCUT2D eigenvalue weighted by atomic mass is 9.92. The molecule has 3 rings (SSSR count). The van der Waals surface area contributed by atoms with Gasteiger partial charge in [-0.05, 0) is 25.0 Å². The average Bonchev–Trinajstić information content (AvgIpc) is 3.00. The molecule has 2 aromatic rings. The maximum absolute atomic E-state index is 12.1. The van der Waals surface area contributed by atoms with Crippen molar-refractivity contribution in [2.45, 2.75) is 18.4 Å².